The molecule has 20 heteroatoms. The predicted octanol–water partition coefficient (Wildman–Crippen LogP) is 4.18. The average Bonchev–Trinajstić information content (AvgIpc) is 3.34. The van der Waals surface area contributed by atoms with Crippen LogP contribution in [0.3, 0.4) is 0 Å². The second-order valence-electron chi connectivity index (χ2n) is 14.6. The van der Waals surface area contributed by atoms with Gasteiger partial charge in [0.05, 0.1) is 28.3 Å². The van der Waals surface area contributed by atoms with E-state index in [1.165, 1.54) is 6.07 Å². The van der Waals surface area contributed by atoms with Gasteiger partial charge < -0.3 is 85.3 Å². The van der Waals surface area contributed by atoms with E-state index in [2.05, 4.69) is 0 Å². The molecule has 0 saturated heterocycles. The van der Waals surface area contributed by atoms with E-state index in [1.54, 1.807) is 0 Å². The monoisotopic (exact) mass is 868 g/mol. The van der Waals surface area contributed by atoms with E-state index in [9.17, 15) is 80.8 Å². The van der Waals surface area contributed by atoms with Crippen molar-refractivity contribution in [2.75, 3.05) is 0 Å². The molecule has 0 bridgehead atoms. The van der Waals surface area contributed by atoms with Crippen molar-refractivity contribution in [1.29, 1.82) is 0 Å². The molecule has 324 valence electrons. The molecule has 0 radical (unpaired) electrons. The van der Waals surface area contributed by atoms with Crippen molar-refractivity contribution in [3.05, 3.63) is 110 Å². The highest BCUT2D eigenvalue weighted by Gasteiger charge is 2.41. The molecule has 6 aromatic rings. The van der Waals surface area contributed by atoms with Gasteiger partial charge in [-0.3, -0.25) is 4.79 Å². The van der Waals surface area contributed by atoms with Crippen LogP contribution in [0, 0.1) is 0 Å². The fraction of sp³-hybridized carbons (Fsp3) is 0.140. The van der Waals surface area contributed by atoms with Gasteiger partial charge >= 0.3 is 11.9 Å². The SMILES string of the molecule is O=C(O[C@H]1Oc2cc(O)cc(O)c2C[C@@H]1c1cc(O)c(=O)c2c(O)c(O)cc([C@H]3Cc4c(O)cc(O)cc4O[C@H]3OC(=O)c3cc(O)c(O)c(O)c3)c2c1)c1cc(O)c(O)c(O)c1. The molecule has 2 aliphatic rings. The summed E-state index contributed by atoms with van der Waals surface area (Å²) in [7, 11) is 0. The van der Waals surface area contributed by atoms with Crippen LogP contribution in [0.25, 0.3) is 10.8 Å². The molecule has 0 fully saturated rings. The topological polar surface area (TPSA) is 351 Å². The molecule has 0 saturated carbocycles. The van der Waals surface area contributed by atoms with Gasteiger partial charge in [0.1, 0.15) is 34.5 Å². The summed E-state index contributed by atoms with van der Waals surface area (Å²) < 4.78 is 23.3. The maximum atomic E-state index is 14.0. The fourth-order valence-electron chi connectivity index (χ4n) is 7.59. The number of benzene rings is 5. The van der Waals surface area contributed by atoms with Crippen molar-refractivity contribution in [2.45, 2.75) is 37.3 Å². The van der Waals surface area contributed by atoms with Crippen LogP contribution in [0.15, 0.2) is 71.5 Å². The van der Waals surface area contributed by atoms with Gasteiger partial charge in [-0.25, -0.2) is 9.59 Å². The number of phenolic OH excluding ortho intramolecular Hbond substituents is 12. The van der Waals surface area contributed by atoms with E-state index in [1.807, 2.05) is 0 Å². The largest absolute Gasteiger partial charge is 0.508 e. The van der Waals surface area contributed by atoms with Gasteiger partial charge in [0.2, 0.25) is 5.43 Å². The van der Waals surface area contributed by atoms with Crippen LogP contribution < -0.4 is 14.9 Å². The van der Waals surface area contributed by atoms with E-state index < -0.39 is 133 Å². The normalized spacial score (nSPS) is 17.7. The van der Waals surface area contributed by atoms with Crippen LogP contribution >= 0.6 is 0 Å². The number of esters is 2. The Hall–Kier alpha value is -8.81. The van der Waals surface area contributed by atoms with Gasteiger partial charge in [0, 0.05) is 35.4 Å². The van der Waals surface area contributed by atoms with Crippen LogP contribution in [-0.2, 0) is 22.3 Å². The van der Waals surface area contributed by atoms with E-state index in [-0.39, 0.29) is 52.0 Å². The summed E-state index contributed by atoms with van der Waals surface area (Å²) >= 11 is 0. The number of hydrogen-bond acceptors (Lipinski definition) is 20. The standard InChI is InChI=1S/C43H32O20/c44-17-7-25(46)23-11-19(42(60-33(23)9-17)62-40(58)15-3-27(48)36(54)28(49)4-15)14-1-21-20(13-32(53)39(57)35(21)38(56)31(52)2-14)22-12-24-26(47)8-18(45)10-34(24)61-43(22)63-41(59)16-5-29(50)37(55)30(51)6-16/h1-10,13,19,22,42-51,53-55,57H,11-12H2,(H,52,56)/t19-,22-,42-,43+/m1/s1. The van der Waals surface area contributed by atoms with Crippen LogP contribution in [0.1, 0.15) is 54.8 Å². The Morgan fingerprint density at radius 3 is 1.38 bits per heavy atom. The third-order valence-corrected chi connectivity index (χ3v) is 10.6. The lowest BCUT2D eigenvalue weighted by molar-refractivity contribution is -0.0713. The Kier molecular flexibility index (Phi) is 9.77. The number of phenols is 12. The number of aromatic hydroxyl groups is 13. The zero-order valence-electron chi connectivity index (χ0n) is 31.7. The van der Waals surface area contributed by atoms with Crippen molar-refractivity contribution >= 4 is 22.7 Å². The molecular formula is C43H32O20. The highest BCUT2D eigenvalue weighted by molar-refractivity contribution is 5.95. The van der Waals surface area contributed by atoms with Crippen LogP contribution in [-0.4, -0.2) is 90.9 Å². The number of carbonyl (C=O) groups is 2. The Balaban J connectivity index is 1.31. The predicted molar refractivity (Wildman–Crippen MR) is 210 cm³/mol. The van der Waals surface area contributed by atoms with Crippen molar-refractivity contribution in [2.24, 2.45) is 0 Å². The molecule has 4 atom stereocenters. The maximum Gasteiger partial charge on any atom is 0.341 e. The van der Waals surface area contributed by atoms with Gasteiger partial charge in [0.25, 0.3) is 12.6 Å². The Bertz CT molecular complexity index is 2950. The number of hydrogen-bond donors (Lipinski definition) is 13. The average molecular weight is 869 g/mol. The first kappa shape index (κ1) is 40.9. The Morgan fingerprint density at radius 2 is 0.905 bits per heavy atom. The molecule has 6 aromatic carbocycles. The first-order valence-corrected chi connectivity index (χ1v) is 18.4. The molecule has 0 aliphatic carbocycles. The highest BCUT2D eigenvalue weighted by Crippen LogP contribution is 2.49. The van der Waals surface area contributed by atoms with E-state index in [0.29, 0.717) is 0 Å². The molecule has 0 spiro atoms. The molecule has 0 aromatic heterocycles. The summed E-state index contributed by atoms with van der Waals surface area (Å²) in [6.45, 7) is 0. The molecule has 0 unspecified atom stereocenters. The molecule has 63 heavy (non-hydrogen) atoms. The number of fused-ring (bicyclic) bond motifs is 3. The second-order valence-corrected chi connectivity index (χ2v) is 14.6. The molecular weight excluding hydrogens is 836 g/mol. The van der Waals surface area contributed by atoms with Crippen LogP contribution in [0.5, 0.6) is 86.2 Å². The summed E-state index contributed by atoms with van der Waals surface area (Å²) in [5, 5.41) is 135. The van der Waals surface area contributed by atoms with Crippen molar-refractivity contribution < 1.29 is 94.9 Å². The lowest BCUT2D eigenvalue weighted by Gasteiger charge is -2.34. The van der Waals surface area contributed by atoms with Gasteiger partial charge in [-0.1, -0.05) is 0 Å². The lowest BCUT2D eigenvalue weighted by Crippen LogP contribution is -2.36. The van der Waals surface area contributed by atoms with Crippen molar-refractivity contribution in [3.63, 3.8) is 0 Å². The minimum Gasteiger partial charge on any atom is -0.508 e. The zero-order chi connectivity index (χ0) is 45.3. The maximum absolute atomic E-state index is 14.0. The first-order chi connectivity index (χ1) is 29.8. The number of rotatable bonds is 6. The summed E-state index contributed by atoms with van der Waals surface area (Å²) in [5.74, 6) is -16.0. The summed E-state index contributed by atoms with van der Waals surface area (Å²) in [5.41, 5.74) is -2.47. The van der Waals surface area contributed by atoms with Gasteiger partial charge in [-0.2, -0.15) is 0 Å². The molecule has 13 N–H and O–H groups in total. The van der Waals surface area contributed by atoms with Gasteiger partial charge in [0.15, 0.2) is 51.7 Å². The molecule has 2 aliphatic heterocycles. The minimum absolute atomic E-state index is 0.0192. The van der Waals surface area contributed by atoms with Crippen molar-refractivity contribution in [3.8, 4) is 86.2 Å². The third-order valence-electron chi connectivity index (χ3n) is 10.6. The minimum atomic E-state index is -1.82. The zero-order valence-corrected chi connectivity index (χ0v) is 31.7. The van der Waals surface area contributed by atoms with E-state index >= 15 is 0 Å². The summed E-state index contributed by atoms with van der Waals surface area (Å²) in [6.07, 6.45) is -4.29. The lowest BCUT2D eigenvalue weighted by atomic mass is 9.84. The van der Waals surface area contributed by atoms with Gasteiger partial charge in [-0.15, -0.1) is 0 Å². The van der Waals surface area contributed by atoms with E-state index in [0.717, 1.165) is 60.7 Å². The molecule has 8 rings (SSSR count). The quantitative estimate of drug-likeness (QED) is 0.0824. The van der Waals surface area contributed by atoms with E-state index in [4.69, 9.17) is 18.9 Å². The number of carbonyl (C=O) groups excluding carboxylic acids is 2. The highest BCUT2D eigenvalue weighted by atomic mass is 16.7. The summed E-state index contributed by atoms with van der Waals surface area (Å²) in [4.78, 5) is 41.1. The van der Waals surface area contributed by atoms with Crippen molar-refractivity contribution in [1.82, 2.24) is 0 Å². The molecule has 2 heterocycles. The van der Waals surface area contributed by atoms with Gasteiger partial charge in [-0.05, 0) is 71.8 Å². The van der Waals surface area contributed by atoms with Crippen LogP contribution in [0.2, 0.25) is 0 Å². The summed E-state index contributed by atoms with van der Waals surface area (Å²) in [6, 6.07) is 10.3. The molecule has 0 amide bonds. The van der Waals surface area contributed by atoms with Crippen LogP contribution in [0.4, 0.5) is 0 Å². The smallest absolute Gasteiger partial charge is 0.341 e. The first-order valence-electron chi connectivity index (χ1n) is 18.4. The Labute approximate surface area is 351 Å². The number of ether oxygens (including phenoxy) is 4. The third kappa shape index (κ3) is 7.19. The second kappa shape index (κ2) is 15.0. The molecule has 20 nitrogen and oxygen atoms in total. The Morgan fingerprint density at radius 1 is 0.476 bits per heavy atom. The fourth-order valence-corrected chi connectivity index (χ4v) is 7.59.